The van der Waals surface area contributed by atoms with Gasteiger partial charge in [-0.05, 0) is 6.07 Å². The first-order chi connectivity index (χ1) is 7.08. The number of hydrogen-bond acceptors (Lipinski definition) is 5. The third-order valence-electron chi connectivity index (χ3n) is 1.89. The summed E-state index contributed by atoms with van der Waals surface area (Å²) in [5, 5.41) is 18.8. The van der Waals surface area contributed by atoms with Crippen molar-refractivity contribution in [2.45, 2.75) is 0 Å². The molecule has 0 amide bonds. The van der Waals surface area contributed by atoms with Gasteiger partial charge < -0.3 is 23.6 Å². The second-order valence-corrected chi connectivity index (χ2v) is 3.92. The number of hydrogen-bond donors (Lipinski definition) is 3. The minimum atomic E-state index is -3.35. The van der Waals surface area contributed by atoms with Gasteiger partial charge in [-0.2, -0.15) is 0 Å². The summed E-state index contributed by atoms with van der Waals surface area (Å²) in [5.74, 6) is -0.524. The maximum atomic E-state index is 10.4. The highest BCUT2D eigenvalue weighted by Crippen LogP contribution is 2.34. The topological polar surface area (TPSA) is 112 Å². The van der Waals surface area contributed by atoms with Crippen molar-refractivity contribution in [1.82, 2.24) is 4.98 Å². The summed E-state index contributed by atoms with van der Waals surface area (Å²) in [7, 11) is 0. The number of aromatic nitrogens is 1. The number of aromatic hydroxyl groups is 2. The van der Waals surface area contributed by atoms with Crippen LogP contribution in [0.25, 0.3) is 10.9 Å². The van der Waals surface area contributed by atoms with Gasteiger partial charge in [0, 0.05) is 6.07 Å². The summed E-state index contributed by atoms with van der Waals surface area (Å²) in [6.07, 6.45) is 1.34. The van der Waals surface area contributed by atoms with Crippen LogP contribution in [0.3, 0.4) is 0 Å². The van der Waals surface area contributed by atoms with Crippen LogP contribution in [-0.2, 0) is 0 Å². The van der Waals surface area contributed by atoms with E-state index in [0.29, 0.717) is 10.9 Å². The number of halogens is 1. The van der Waals surface area contributed by atoms with E-state index >= 15 is 0 Å². The molecule has 0 saturated heterocycles. The molecule has 7 heteroatoms. The van der Waals surface area contributed by atoms with E-state index in [1.165, 1.54) is 18.3 Å². The molecule has 0 atom stereocenters. The van der Waals surface area contributed by atoms with Gasteiger partial charge in [0.15, 0.2) is 11.5 Å². The van der Waals surface area contributed by atoms with Crippen molar-refractivity contribution in [2.75, 3.05) is 0 Å². The predicted octanol–water partition coefficient (Wildman–Crippen LogP) is -0.956. The van der Waals surface area contributed by atoms with Crippen LogP contribution in [0.15, 0.2) is 18.3 Å². The molecule has 80 valence electrons. The van der Waals surface area contributed by atoms with E-state index in [2.05, 4.69) is 8.81 Å². The Kier molecular flexibility index (Phi) is 2.43. The van der Waals surface area contributed by atoms with E-state index in [4.69, 9.17) is 0 Å². The number of aromatic amines is 1. The molecule has 0 aliphatic rings. The first kappa shape index (κ1) is 10.1. The fourth-order valence-corrected chi connectivity index (χ4v) is 1.81. The van der Waals surface area contributed by atoms with Gasteiger partial charge in [-0.15, -0.1) is 3.83 Å². The first-order valence-corrected chi connectivity index (χ1v) is 5.79. The van der Waals surface area contributed by atoms with Crippen molar-refractivity contribution >= 4 is 10.9 Å². The lowest BCUT2D eigenvalue weighted by molar-refractivity contribution is -1.62. The summed E-state index contributed by atoms with van der Waals surface area (Å²) in [4.78, 5) is 2.70. The molecule has 0 saturated carbocycles. The lowest BCUT2D eigenvalue weighted by Gasteiger charge is -1.97. The number of benzene rings is 1. The smallest absolute Gasteiger partial charge is 0.501 e. The Bertz CT molecular complexity index is 495. The van der Waals surface area contributed by atoms with Crippen LogP contribution in [-0.4, -0.2) is 15.2 Å². The van der Waals surface area contributed by atoms with Crippen molar-refractivity contribution in [3.05, 3.63) is 18.3 Å². The fourth-order valence-electron chi connectivity index (χ4n) is 1.25. The molecule has 0 bridgehead atoms. The van der Waals surface area contributed by atoms with Crippen LogP contribution in [0.5, 0.6) is 17.2 Å². The number of fused-ring (bicyclic) bond motifs is 1. The minimum Gasteiger partial charge on any atom is -0.504 e. The second-order valence-electron chi connectivity index (χ2n) is 2.81. The number of H-pyrrole nitrogens is 1. The summed E-state index contributed by atoms with van der Waals surface area (Å²) in [6, 6.07) is 2.50. The zero-order valence-corrected chi connectivity index (χ0v) is 8.82. The van der Waals surface area contributed by atoms with Crippen molar-refractivity contribution in [2.24, 2.45) is 0 Å². The molecule has 0 spiro atoms. The van der Waals surface area contributed by atoms with Crippen LogP contribution in [0, 0.1) is 14.8 Å². The molecule has 1 aromatic heterocycles. The van der Waals surface area contributed by atoms with Gasteiger partial charge in [0.1, 0.15) is 0 Å². The molecule has 0 aliphatic heterocycles. The third-order valence-corrected chi connectivity index (χ3v) is 2.50. The first-order valence-electron chi connectivity index (χ1n) is 3.85. The van der Waals surface area contributed by atoms with Gasteiger partial charge in [-0.25, -0.2) is 0 Å². The quantitative estimate of drug-likeness (QED) is 0.612. The van der Waals surface area contributed by atoms with Gasteiger partial charge in [0.2, 0.25) is 0 Å². The minimum absolute atomic E-state index is 0.0975. The van der Waals surface area contributed by atoms with E-state index in [1.807, 2.05) is 0 Å². The highest BCUT2D eigenvalue weighted by Gasteiger charge is 2.18. The average Bonchev–Trinajstić information content (AvgIpc) is 2.49. The maximum absolute atomic E-state index is 10.4. The summed E-state index contributed by atoms with van der Waals surface area (Å²) in [6.45, 7) is 0. The molecule has 2 aromatic rings. The number of phenolic OH excluding ortho intramolecular Hbond substituents is 2. The molecule has 2 rings (SSSR count). The van der Waals surface area contributed by atoms with Crippen molar-refractivity contribution in [1.29, 1.82) is 0 Å². The molecule has 0 radical (unpaired) electrons. The zero-order chi connectivity index (χ0) is 11.0. The molecule has 6 nitrogen and oxygen atoms in total. The average molecular weight is 276 g/mol. The molecular weight excluding hydrogens is 270 g/mol. The molecule has 0 aliphatic carbocycles. The van der Waals surface area contributed by atoms with E-state index in [1.54, 1.807) is 0 Å². The van der Waals surface area contributed by atoms with Crippen LogP contribution < -0.4 is 12.2 Å². The van der Waals surface area contributed by atoms with Crippen molar-refractivity contribution in [3.8, 4) is 17.2 Å². The summed E-state index contributed by atoms with van der Waals surface area (Å²) < 4.78 is 25.3. The Hall–Kier alpha value is -1.44. The molecule has 15 heavy (non-hydrogen) atoms. The molecule has 1 aromatic carbocycles. The number of phenols is 2. The van der Waals surface area contributed by atoms with E-state index in [0.717, 1.165) is 0 Å². The van der Waals surface area contributed by atoms with E-state index < -0.39 is 14.8 Å². The molecule has 1 heterocycles. The van der Waals surface area contributed by atoms with Crippen LogP contribution >= 0.6 is 0 Å². The SMILES string of the molecule is [O-][Br+2]([O-])Oc1c[nH]c2cc(O)c(O)cc12. The molecule has 0 unspecified atom stereocenters. The van der Waals surface area contributed by atoms with Crippen LogP contribution in [0.2, 0.25) is 0 Å². The monoisotopic (exact) mass is 275 g/mol. The largest absolute Gasteiger partial charge is 0.504 e. The van der Waals surface area contributed by atoms with Crippen LogP contribution in [0.4, 0.5) is 0 Å². The van der Waals surface area contributed by atoms with Gasteiger partial charge in [-0.3, -0.25) is 0 Å². The Morgan fingerprint density at radius 3 is 2.53 bits per heavy atom. The highest BCUT2D eigenvalue weighted by molar-refractivity contribution is 5.88. The third kappa shape index (κ3) is 1.84. The molecule has 3 N–H and O–H groups in total. The summed E-state index contributed by atoms with van der Waals surface area (Å²) >= 11 is -3.35. The Morgan fingerprint density at radius 1 is 1.20 bits per heavy atom. The molecule has 0 fully saturated rings. The van der Waals surface area contributed by atoms with Crippen molar-refractivity contribution < 1.29 is 37.3 Å². The fraction of sp³-hybridized carbons (Fsp3) is 0. The maximum Gasteiger partial charge on any atom is 0.501 e. The van der Waals surface area contributed by atoms with E-state index in [9.17, 15) is 18.6 Å². The van der Waals surface area contributed by atoms with Crippen molar-refractivity contribution in [3.63, 3.8) is 0 Å². The van der Waals surface area contributed by atoms with Gasteiger partial charge in [0.05, 0.1) is 17.1 Å². The Morgan fingerprint density at radius 2 is 1.87 bits per heavy atom. The van der Waals surface area contributed by atoms with Gasteiger partial charge in [-0.1, -0.05) is 0 Å². The molecular formula is C8H6BrNO5. The lowest BCUT2D eigenvalue weighted by atomic mass is 10.2. The summed E-state index contributed by atoms with van der Waals surface area (Å²) in [5.41, 5.74) is 0.476. The second kappa shape index (κ2) is 3.61. The van der Waals surface area contributed by atoms with Crippen LogP contribution in [0.1, 0.15) is 0 Å². The van der Waals surface area contributed by atoms with Gasteiger partial charge >= 0.3 is 14.8 Å². The number of nitrogens with one attached hydrogen (secondary N) is 1. The van der Waals surface area contributed by atoms with Gasteiger partial charge in [0.25, 0.3) is 5.75 Å². The number of rotatable bonds is 2. The zero-order valence-electron chi connectivity index (χ0n) is 7.23. The normalized spacial score (nSPS) is 11.1. The Balaban J connectivity index is 2.54. The van der Waals surface area contributed by atoms with E-state index in [-0.39, 0.29) is 17.2 Å². The Labute approximate surface area is 89.2 Å². The highest BCUT2D eigenvalue weighted by atomic mass is 80.0. The predicted molar refractivity (Wildman–Crippen MR) is 42.3 cm³/mol. The lowest BCUT2D eigenvalue weighted by Crippen LogP contribution is -2.36. The standard InChI is InChI=1S/C8H6BrNO5/c11-6-1-4-5(2-7(6)12)10-3-8(4)15-9(13)14/h1-3,10-12H.